The molecule has 1 heterocycles. The average Bonchev–Trinajstić information content (AvgIpc) is 4.07. The van der Waals surface area contributed by atoms with Gasteiger partial charge in [-0.15, -0.1) is 0 Å². The number of ether oxygens (including phenoxy) is 2. The summed E-state index contributed by atoms with van der Waals surface area (Å²) in [4.78, 5) is 48.0. The smallest absolute Gasteiger partial charge is 0.425 e. The quantitative estimate of drug-likeness (QED) is 0.0832. The summed E-state index contributed by atoms with van der Waals surface area (Å²) in [5.41, 5.74) is 6.93. The number of anilines is 3. The molecule has 6 rings (SSSR count). The minimum Gasteiger partial charge on any atom is -0.443 e. The van der Waals surface area contributed by atoms with Crippen LogP contribution in [-0.4, -0.2) is 73.0 Å². The highest BCUT2D eigenvalue weighted by atomic mass is 32.2. The number of carbonyl (C=O) groups excluding carboxylic acids is 3. The number of carbonyl (C=O) groups is 3. The summed E-state index contributed by atoms with van der Waals surface area (Å²) in [7, 11) is -2.01. The number of sulfone groups is 1. The lowest BCUT2D eigenvalue weighted by molar-refractivity contribution is -0.131. The Morgan fingerprint density at radius 3 is 2.22 bits per heavy atom. The Kier molecular flexibility index (Phi) is 12.6. The molecule has 0 spiro atoms. The summed E-state index contributed by atoms with van der Waals surface area (Å²) in [5.74, 6) is -0.597. The third kappa shape index (κ3) is 11.1. The summed E-state index contributed by atoms with van der Waals surface area (Å²) in [6, 6.07) is 15.9. The first-order valence-corrected chi connectivity index (χ1v) is 21.5. The van der Waals surface area contributed by atoms with Gasteiger partial charge < -0.3 is 30.7 Å². The number of amides is 3. The van der Waals surface area contributed by atoms with E-state index < -0.39 is 50.3 Å². The van der Waals surface area contributed by atoms with Crippen molar-refractivity contribution in [2.75, 3.05) is 36.1 Å². The van der Waals surface area contributed by atoms with Crippen molar-refractivity contribution in [3.05, 3.63) is 89.4 Å². The molecule has 0 radical (unpaired) electrons. The Morgan fingerprint density at radius 2 is 1.59 bits per heavy atom. The van der Waals surface area contributed by atoms with Crippen molar-refractivity contribution in [1.29, 1.82) is 0 Å². The van der Waals surface area contributed by atoms with Crippen LogP contribution in [0.1, 0.15) is 90.0 Å². The number of rotatable bonds is 14. The number of aromatic nitrogens is 1. The average molecular weight is 831 g/mol. The van der Waals surface area contributed by atoms with E-state index in [9.17, 15) is 22.8 Å². The molecule has 2 fully saturated rings. The van der Waals surface area contributed by atoms with Gasteiger partial charge in [0.15, 0.2) is 15.7 Å². The molecule has 0 aliphatic heterocycles. The van der Waals surface area contributed by atoms with Crippen LogP contribution in [0.4, 0.5) is 31.2 Å². The van der Waals surface area contributed by atoms with Crippen LogP contribution >= 0.6 is 0 Å². The number of fused-ring (bicyclic) bond motifs is 1. The monoisotopic (exact) mass is 830 g/mol. The fourth-order valence-electron chi connectivity index (χ4n) is 6.68. The van der Waals surface area contributed by atoms with Gasteiger partial charge in [0.25, 0.3) is 0 Å². The van der Waals surface area contributed by atoms with E-state index in [4.69, 9.17) is 15.2 Å². The molecule has 0 bridgehead atoms. The topological polar surface area (TPSA) is 173 Å². The first-order chi connectivity index (χ1) is 27.7. The standard InChI is InChI=1S/C44H55FN6O7S/c1-43(2,3)57-41(53)51(42(54)58-44(4,5)6)39-34-17-14-32(23-35(34)36(45)25-48-39)49-38(29-10-8-9-27(21-29)19-20-47-24-28-11-12-28)40(52)50(7)26-30-22-31(46)13-18-37(30)59(55,56)33-15-16-33/h8-10,13-14,17-18,21-23,25,28,33,38,47,49H,11-12,15-16,19-20,24,26,46H2,1-7H3. The zero-order valence-electron chi connectivity index (χ0n) is 34.8. The van der Waals surface area contributed by atoms with Gasteiger partial charge in [0.2, 0.25) is 5.91 Å². The van der Waals surface area contributed by atoms with E-state index in [1.807, 2.05) is 24.3 Å². The highest BCUT2D eigenvalue weighted by molar-refractivity contribution is 7.92. The summed E-state index contributed by atoms with van der Waals surface area (Å²) < 4.78 is 53.6. The highest BCUT2D eigenvalue weighted by Gasteiger charge is 2.39. The number of halogens is 1. The van der Waals surface area contributed by atoms with Crippen LogP contribution in [0.15, 0.2) is 71.8 Å². The molecule has 15 heteroatoms. The van der Waals surface area contributed by atoms with Gasteiger partial charge in [-0.25, -0.2) is 27.4 Å². The van der Waals surface area contributed by atoms with Crippen molar-refractivity contribution in [1.82, 2.24) is 15.2 Å². The van der Waals surface area contributed by atoms with Crippen LogP contribution in [-0.2, 0) is 37.1 Å². The van der Waals surface area contributed by atoms with Gasteiger partial charge in [0.1, 0.15) is 23.1 Å². The predicted molar refractivity (Wildman–Crippen MR) is 226 cm³/mol. The Balaban J connectivity index is 1.36. The largest absolute Gasteiger partial charge is 0.443 e. The summed E-state index contributed by atoms with van der Waals surface area (Å²) >= 11 is 0. The molecule has 3 amide bonds. The fourth-order valence-corrected chi connectivity index (χ4v) is 8.54. The van der Waals surface area contributed by atoms with Crippen LogP contribution in [0.5, 0.6) is 0 Å². The Bertz CT molecular complexity index is 2310. The lowest BCUT2D eigenvalue weighted by Gasteiger charge is -2.29. The molecule has 1 aromatic heterocycles. The lowest BCUT2D eigenvalue weighted by atomic mass is 10.00. The first-order valence-electron chi connectivity index (χ1n) is 20.0. The number of nitrogens with zero attached hydrogens (tertiary/aromatic N) is 3. The Hall–Kier alpha value is -5.28. The molecular weight excluding hydrogens is 776 g/mol. The minimum absolute atomic E-state index is 0.00171. The van der Waals surface area contributed by atoms with E-state index in [2.05, 4.69) is 15.6 Å². The van der Waals surface area contributed by atoms with E-state index in [1.54, 1.807) is 66.8 Å². The number of likely N-dealkylation sites (N-methyl/N-ethyl adjacent to an activating group) is 1. The third-order valence-corrected chi connectivity index (χ3v) is 12.2. The third-order valence-electron chi connectivity index (χ3n) is 9.88. The summed E-state index contributed by atoms with van der Waals surface area (Å²) in [5, 5.41) is 6.47. The number of hydrogen-bond donors (Lipinski definition) is 3. The van der Waals surface area contributed by atoms with Crippen molar-refractivity contribution in [2.45, 2.75) is 108 Å². The van der Waals surface area contributed by atoms with Crippen LogP contribution in [0.3, 0.4) is 0 Å². The lowest BCUT2D eigenvalue weighted by Crippen LogP contribution is -2.44. The second-order valence-corrected chi connectivity index (χ2v) is 19.7. The van der Waals surface area contributed by atoms with E-state index in [0.717, 1.165) is 37.2 Å². The molecule has 0 saturated heterocycles. The summed E-state index contributed by atoms with van der Waals surface area (Å²) in [6.45, 7) is 11.6. The first kappa shape index (κ1) is 43.3. The molecule has 13 nitrogen and oxygen atoms in total. The van der Waals surface area contributed by atoms with E-state index in [-0.39, 0.29) is 33.9 Å². The predicted octanol–water partition coefficient (Wildman–Crippen LogP) is 7.92. The molecule has 1 atom stereocenters. The maximum atomic E-state index is 15.7. The Morgan fingerprint density at radius 1 is 0.915 bits per heavy atom. The van der Waals surface area contributed by atoms with Crippen molar-refractivity contribution < 1.29 is 36.7 Å². The SMILES string of the molecule is CN(Cc1cc(N)ccc1S(=O)(=O)C1CC1)C(=O)C(Nc1ccc2c(N(C(=O)OC(C)(C)C)C(=O)OC(C)(C)C)ncc(F)c2c1)c1cccc(CCNCC2CC2)c1. The van der Waals surface area contributed by atoms with Gasteiger partial charge in [0.05, 0.1) is 16.3 Å². The van der Waals surface area contributed by atoms with E-state index >= 15 is 4.39 Å². The minimum atomic E-state index is -3.60. The molecule has 2 aliphatic carbocycles. The van der Waals surface area contributed by atoms with Gasteiger partial charge in [-0.2, -0.15) is 4.90 Å². The zero-order chi connectivity index (χ0) is 42.9. The molecule has 1 unspecified atom stereocenters. The highest BCUT2D eigenvalue weighted by Crippen LogP contribution is 2.37. The molecule has 59 heavy (non-hydrogen) atoms. The zero-order valence-corrected chi connectivity index (χ0v) is 35.6. The van der Waals surface area contributed by atoms with Gasteiger partial charge >= 0.3 is 12.2 Å². The van der Waals surface area contributed by atoms with Crippen molar-refractivity contribution in [3.8, 4) is 0 Å². The molecule has 2 aliphatic rings. The molecule has 3 aromatic carbocycles. The van der Waals surface area contributed by atoms with Gasteiger partial charge in [-0.05, 0) is 146 Å². The molecule has 4 aromatic rings. The number of benzene rings is 3. The number of hydrogen-bond acceptors (Lipinski definition) is 11. The normalized spacial score (nSPS) is 15.1. The van der Waals surface area contributed by atoms with Gasteiger partial charge in [-0.1, -0.05) is 24.3 Å². The van der Waals surface area contributed by atoms with Gasteiger partial charge in [-0.3, -0.25) is 4.79 Å². The van der Waals surface area contributed by atoms with Crippen molar-refractivity contribution >= 4 is 55.9 Å². The molecule has 4 N–H and O–H groups in total. The van der Waals surface area contributed by atoms with Gasteiger partial charge in [0, 0.05) is 35.7 Å². The van der Waals surface area contributed by atoms with Crippen molar-refractivity contribution in [2.24, 2.45) is 5.92 Å². The fraction of sp³-hybridized carbons (Fsp3) is 0.455. The van der Waals surface area contributed by atoms with E-state index in [0.29, 0.717) is 40.2 Å². The number of nitrogen functional groups attached to an aromatic ring is 1. The maximum absolute atomic E-state index is 15.7. The molecule has 316 valence electrons. The number of nitrogens with two attached hydrogens (primary N) is 1. The van der Waals surface area contributed by atoms with E-state index in [1.165, 1.54) is 35.9 Å². The second-order valence-electron chi connectivity index (χ2n) is 17.5. The number of imide groups is 1. The molecular formula is C44H55FN6O7S. The van der Waals surface area contributed by atoms with Crippen LogP contribution < -0.4 is 21.3 Å². The van der Waals surface area contributed by atoms with Crippen LogP contribution in [0.25, 0.3) is 10.8 Å². The van der Waals surface area contributed by atoms with Crippen LogP contribution in [0.2, 0.25) is 0 Å². The second kappa shape index (κ2) is 17.1. The number of nitrogens with one attached hydrogen (secondary N) is 2. The maximum Gasteiger partial charge on any atom is 0.425 e. The Labute approximate surface area is 345 Å². The van der Waals surface area contributed by atoms with Crippen LogP contribution in [0, 0.1) is 11.7 Å². The number of pyridine rings is 1. The molecule has 2 saturated carbocycles. The summed E-state index contributed by atoms with van der Waals surface area (Å²) in [6.07, 6.45) is 3.18. The van der Waals surface area contributed by atoms with Crippen molar-refractivity contribution in [3.63, 3.8) is 0 Å².